The lowest BCUT2D eigenvalue weighted by Gasteiger charge is -2.09. The molecule has 1 heterocycles. The number of methoxy groups -OCH3 is 1. The molecule has 1 aromatic heterocycles. The summed E-state index contributed by atoms with van der Waals surface area (Å²) in [4.78, 5) is 4.19. The number of alkyl halides is 1. The van der Waals surface area contributed by atoms with Gasteiger partial charge < -0.3 is 14.8 Å². The first-order chi connectivity index (χ1) is 7.88. The summed E-state index contributed by atoms with van der Waals surface area (Å²) in [6.45, 7) is 2.11. The van der Waals surface area contributed by atoms with Crippen LogP contribution in [0.15, 0.2) is 18.3 Å². The van der Waals surface area contributed by atoms with E-state index in [1.54, 1.807) is 13.3 Å². The van der Waals surface area contributed by atoms with Crippen LogP contribution in [-0.2, 0) is 4.74 Å². The Labute approximate surface area is 101 Å². The van der Waals surface area contributed by atoms with Crippen molar-refractivity contribution in [2.75, 3.05) is 38.1 Å². The van der Waals surface area contributed by atoms with Gasteiger partial charge in [-0.15, -0.1) is 11.6 Å². The second-order valence-electron chi connectivity index (χ2n) is 3.14. The lowest BCUT2D eigenvalue weighted by molar-refractivity contribution is 0.149. The molecule has 0 aliphatic rings. The molecule has 0 bridgehead atoms. The normalized spacial score (nSPS) is 10.1. The highest BCUT2D eigenvalue weighted by Crippen LogP contribution is 2.19. The van der Waals surface area contributed by atoms with Gasteiger partial charge >= 0.3 is 0 Å². The van der Waals surface area contributed by atoms with Gasteiger partial charge in [-0.2, -0.15) is 0 Å². The number of aromatic nitrogens is 1. The average molecular weight is 245 g/mol. The van der Waals surface area contributed by atoms with Gasteiger partial charge in [0.2, 0.25) is 0 Å². The van der Waals surface area contributed by atoms with Crippen molar-refractivity contribution >= 4 is 17.4 Å². The zero-order chi connectivity index (χ0) is 11.6. The van der Waals surface area contributed by atoms with Crippen molar-refractivity contribution in [2.24, 2.45) is 0 Å². The van der Waals surface area contributed by atoms with E-state index in [-0.39, 0.29) is 0 Å². The highest BCUT2D eigenvalue weighted by Gasteiger charge is 2.01. The van der Waals surface area contributed by atoms with Crippen molar-refractivity contribution in [1.82, 2.24) is 4.98 Å². The van der Waals surface area contributed by atoms with Crippen LogP contribution in [0, 0.1) is 0 Å². The maximum absolute atomic E-state index is 5.48. The Bertz CT molecular complexity index is 297. The topological polar surface area (TPSA) is 43.4 Å². The first kappa shape index (κ1) is 13.1. The van der Waals surface area contributed by atoms with E-state index in [1.165, 1.54) is 0 Å². The quantitative estimate of drug-likeness (QED) is 0.562. The van der Waals surface area contributed by atoms with Crippen molar-refractivity contribution < 1.29 is 9.47 Å². The molecule has 1 N–H and O–H groups in total. The highest BCUT2D eigenvalue weighted by atomic mass is 35.5. The largest absolute Gasteiger partial charge is 0.493 e. The van der Waals surface area contributed by atoms with Crippen LogP contribution in [0.2, 0.25) is 0 Å². The number of hydrogen-bond donors (Lipinski definition) is 1. The van der Waals surface area contributed by atoms with Gasteiger partial charge in [0.1, 0.15) is 0 Å². The summed E-state index contributed by atoms with van der Waals surface area (Å²) in [5, 5.41) is 3.19. The predicted molar refractivity (Wildman–Crippen MR) is 65.4 cm³/mol. The Hall–Kier alpha value is -1.00. The molecule has 16 heavy (non-hydrogen) atoms. The fourth-order valence-electron chi connectivity index (χ4n) is 1.23. The number of nitrogens with zero attached hydrogens (tertiary/aromatic N) is 1. The van der Waals surface area contributed by atoms with E-state index in [1.807, 2.05) is 12.1 Å². The van der Waals surface area contributed by atoms with E-state index >= 15 is 0 Å². The molecule has 0 atom stereocenters. The fourth-order valence-corrected chi connectivity index (χ4v) is 1.33. The summed E-state index contributed by atoms with van der Waals surface area (Å²) in [6, 6.07) is 3.72. The van der Waals surface area contributed by atoms with Crippen molar-refractivity contribution in [2.45, 2.75) is 6.42 Å². The molecular weight excluding hydrogens is 228 g/mol. The third-order valence-corrected chi connectivity index (χ3v) is 2.12. The summed E-state index contributed by atoms with van der Waals surface area (Å²) in [6.07, 6.45) is 2.64. The van der Waals surface area contributed by atoms with Crippen LogP contribution >= 0.6 is 11.6 Å². The van der Waals surface area contributed by atoms with Gasteiger partial charge in [0.25, 0.3) is 0 Å². The van der Waals surface area contributed by atoms with Gasteiger partial charge in [0, 0.05) is 25.2 Å². The standard InChI is InChI=1S/C11H17ClN2O2/c1-15-10-4-2-6-13-11(10)14-7-3-8-16-9-5-12/h2,4,6H,3,5,7-9H2,1H3,(H,13,14). The molecule has 90 valence electrons. The SMILES string of the molecule is COc1cccnc1NCCCOCCCl. The maximum Gasteiger partial charge on any atom is 0.168 e. The number of anilines is 1. The molecule has 0 saturated carbocycles. The second kappa shape index (κ2) is 8.19. The number of hydrogen-bond acceptors (Lipinski definition) is 4. The smallest absolute Gasteiger partial charge is 0.168 e. The zero-order valence-electron chi connectivity index (χ0n) is 9.41. The number of halogens is 1. The number of pyridine rings is 1. The zero-order valence-corrected chi connectivity index (χ0v) is 10.2. The summed E-state index contributed by atoms with van der Waals surface area (Å²) >= 11 is 5.48. The molecule has 0 spiro atoms. The minimum atomic E-state index is 0.543. The molecule has 0 aromatic carbocycles. The van der Waals surface area contributed by atoms with Gasteiger partial charge in [-0.1, -0.05) is 0 Å². The van der Waals surface area contributed by atoms with Gasteiger partial charge in [-0.05, 0) is 18.6 Å². The van der Waals surface area contributed by atoms with E-state index in [9.17, 15) is 0 Å². The van der Waals surface area contributed by atoms with Gasteiger partial charge in [0.15, 0.2) is 11.6 Å². The maximum atomic E-state index is 5.48. The van der Waals surface area contributed by atoms with Crippen LogP contribution in [0.3, 0.4) is 0 Å². The highest BCUT2D eigenvalue weighted by molar-refractivity contribution is 6.17. The van der Waals surface area contributed by atoms with Crippen LogP contribution in [0.1, 0.15) is 6.42 Å². The second-order valence-corrected chi connectivity index (χ2v) is 3.51. The number of ether oxygens (including phenoxy) is 2. The molecule has 0 saturated heterocycles. The summed E-state index contributed by atoms with van der Waals surface area (Å²) in [7, 11) is 1.63. The molecule has 0 aliphatic heterocycles. The van der Waals surface area contributed by atoms with E-state index < -0.39 is 0 Å². The first-order valence-corrected chi connectivity index (χ1v) is 5.78. The Morgan fingerprint density at radius 3 is 3.06 bits per heavy atom. The van der Waals surface area contributed by atoms with E-state index in [0.717, 1.165) is 24.5 Å². The Morgan fingerprint density at radius 1 is 1.44 bits per heavy atom. The van der Waals surface area contributed by atoms with Crippen molar-refractivity contribution in [3.63, 3.8) is 0 Å². The average Bonchev–Trinajstić information content (AvgIpc) is 2.34. The molecule has 5 heteroatoms. The van der Waals surface area contributed by atoms with Gasteiger partial charge in [-0.25, -0.2) is 4.98 Å². The lowest BCUT2D eigenvalue weighted by atomic mass is 10.4. The Balaban J connectivity index is 2.21. The lowest BCUT2D eigenvalue weighted by Crippen LogP contribution is -2.08. The van der Waals surface area contributed by atoms with Crippen molar-refractivity contribution in [3.8, 4) is 5.75 Å². The minimum absolute atomic E-state index is 0.543. The van der Waals surface area contributed by atoms with E-state index in [0.29, 0.717) is 19.1 Å². The minimum Gasteiger partial charge on any atom is -0.493 e. The van der Waals surface area contributed by atoms with Crippen molar-refractivity contribution in [3.05, 3.63) is 18.3 Å². The Kier molecular flexibility index (Phi) is 6.69. The molecule has 1 rings (SSSR count). The van der Waals surface area contributed by atoms with E-state index in [2.05, 4.69) is 10.3 Å². The third-order valence-electron chi connectivity index (χ3n) is 1.97. The Morgan fingerprint density at radius 2 is 2.31 bits per heavy atom. The first-order valence-electron chi connectivity index (χ1n) is 5.25. The molecule has 0 aliphatic carbocycles. The van der Waals surface area contributed by atoms with Crippen LogP contribution < -0.4 is 10.1 Å². The molecule has 4 nitrogen and oxygen atoms in total. The number of rotatable bonds is 8. The molecule has 0 fully saturated rings. The molecule has 0 amide bonds. The predicted octanol–water partition coefficient (Wildman–Crippen LogP) is 2.15. The summed E-state index contributed by atoms with van der Waals surface area (Å²) < 4.78 is 10.4. The molecule has 0 unspecified atom stereocenters. The van der Waals surface area contributed by atoms with Gasteiger partial charge in [-0.3, -0.25) is 0 Å². The van der Waals surface area contributed by atoms with Crippen LogP contribution in [0.4, 0.5) is 5.82 Å². The monoisotopic (exact) mass is 244 g/mol. The molecule has 1 aromatic rings. The van der Waals surface area contributed by atoms with Crippen molar-refractivity contribution in [1.29, 1.82) is 0 Å². The van der Waals surface area contributed by atoms with Gasteiger partial charge in [0.05, 0.1) is 13.7 Å². The fraction of sp³-hybridized carbons (Fsp3) is 0.545. The number of nitrogens with one attached hydrogen (secondary N) is 1. The molecular formula is C11H17ClN2O2. The summed E-state index contributed by atoms with van der Waals surface area (Å²) in [5.74, 6) is 2.06. The third kappa shape index (κ3) is 4.68. The van der Waals surface area contributed by atoms with E-state index in [4.69, 9.17) is 21.1 Å². The van der Waals surface area contributed by atoms with Crippen LogP contribution in [0.25, 0.3) is 0 Å². The van der Waals surface area contributed by atoms with Crippen LogP contribution in [-0.4, -0.2) is 37.7 Å². The summed E-state index contributed by atoms with van der Waals surface area (Å²) in [5.41, 5.74) is 0. The van der Waals surface area contributed by atoms with Crippen LogP contribution in [0.5, 0.6) is 5.75 Å². The molecule has 0 radical (unpaired) electrons.